The van der Waals surface area contributed by atoms with Crippen LogP contribution in [0.3, 0.4) is 0 Å². The van der Waals surface area contributed by atoms with Gasteiger partial charge in [-0.05, 0) is 30.3 Å². The Kier molecular flexibility index (Phi) is 6.41. The van der Waals surface area contributed by atoms with Crippen LogP contribution in [0.15, 0.2) is 53.4 Å². The fourth-order valence-electron chi connectivity index (χ4n) is 4.09. The van der Waals surface area contributed by atoms with E-state index in [1.807, 2.05) is 0 Å². The summed E-state index contributed by atoms with van der Waals surface area (Å²) in [7, 11) is -2.07. The normalized spacial score (nSPS) is 19.9. The molecule has 0 saturated carbocycles. The van der Waals surface area contributed by atoms with Crippen molar-refractivity contribution in [3.8, 4) is 5.75 Å². The maximum atomic E-state index is 13.0. The van der Waals surface area contributed by atoms with Gasteiger partial charge in [-0.1, -0.05) is 29.8 Å². The Morgan fingerprint density at radius 1 is 1.06 bits per heavy atom. The Hall–Kier alpha value is -2.62. The molecule has 2 amide bonds. The number of piperazine rings is 1. The number of benzene rings is 2. The van der Waals surface area contributed by atoms with Crippen LogP contribution in [0.4, 0.5) is 5.69 Å². The highest BCUT2D eigenvalue weighted by molar-refractivity contribution is 7.89. The van der Waals surface area contributed by atoms with Crippen molar-refractivity contribution < 1.29 is 22.7 Å². The van der Waals surface area contributed by atoms with E-state index in [9.17, 15) is 18.0 Å². The number of amides is 2. The van der Waals surface area contributed by atoms with Crippen LogP contribution in [-0.4, -0.2) is 69.3 Å². The molecule has 32 heavy (non-hydrogen) atoms. The van der Waals surface area contributed by atoms with Gasteiger partial charge in [0.05, 0.1) is 22.9 Å². The van der Waals surface area contributed by atoms with Gasteiger partial charge in [0.15, 0.2) is 0 Å². The monoisotopic (exact) mass is 477 g/mol. The molecule has 2 aliphatic heterocycles. The Balaban J connectivity index is 1.39. The molecule has 2 aliphatic rings. The zero-order valence-corrected chi connectivity index (χ0v) is 19.2. The second-order valence-corrected chi connectivity index (χ2v) is 10.1. The number of rotatable bonds is 5. The first-order chi connectivity index (χ1) is 15.3. The molecule has 0 spiro atoms. The van der Waals surface area contributed by atoms with E-state index in [4.69, 9.17) is 16.3 Å². The molecule has 0 bridgehead atoms. The smallest absolute Gasteiger partial charge is 0.243 e. The minimum Gasteiger partial charge on any atom is -0.495 e. The molecule has 8 nitrogen and oxygen atoms in total. The third-order valence-corrected chi connectivity index (χ3v) is 8.06. The van der Waals surface area contributed by atoms with E-state index in [2.05, 4.69) is 0 Å². The topological polar surface area (TPSA) is 87.2 Å². The van der Waals surface area contributed by atoms with Crippen molar-refractivity contribution in [1.29, 1.82) is 0 Å². The molecule has 2 fully saturated rings. The van der Waals surface area contributed by atoms with Crippen molar-refractivity contribution in [2.24, 2.45) is 5.92 Å². The largest absolute Gasteiger partial charge is 0.495 e. The average molecular weight is 478 g/mol. The number of anilines is 1. The first kappa shape index (κ1) is 22.6. The highest BCUT2D eigenvalue weighted by Gasteiger charge is 2.39. The molecule has 2 heterocycles. The Labute approximate surface area is 192 Å². The standard InChI is InChI=1S/C22H24ClN3O5S/c1-31-20-8-7-17(14-19(20)23)26-15-16(13-21(26)27)22(28)24-9-11-25(12-10-24)32(29,30)18-5-3-2-4-6-18/h2-8,14,16H,9-13,15H2,1H3/t16-/m1/s1. The van der Waals surface area contributed by atoms with Crippen molar-refractivity contribution >= 4 is 39.1 Å². The molecule has 170 valence electrons. The molecular formula is C22H24ClN3O5S. The number of carbonyl (C=O) groups is 2. The van der Waals surface area contributed by atoms with Gasteiger partial charge >= 0.3 is 0 Å². The van der Waals surface area contributed by atoms with E-state index in [0.29, 0.717) is 29.5 Å². The molecule has 2 aromatic carbocycles. The summed E-state index contributed by atoms with van der Waals surface area (Å²) in [5, 5.41) is 0.392. The summed E-state index contributed by atoms with van der Waals surface area (Å²) in [6.45, 7) is 1.31. The van der Waals surface area contributed by atoms with Crippen LogP contribution in [0.25, 0.3) is 0 Å². The predicted molar refractivity (Wildman–Crippen MR) is 120 cm³/mol. The Morgan fingerprint density at radius 3 is 2.38 bits per heavy atom. The van der Waals surface area contributed by atoms with Gasteiger partial charge < -0.3 is 14.5 Å². The van der Waals surface area contributed by atoms with Crippen LogP contribution in [0.2, 0.25) is 5.02 Å². The lowest BCUT2D eigenvalue weighted by atomic mass is 10.1. The molecular weight excluding hydrogens is 454 g/mol. The molecule has 2 saturated heterocycles. The van der Waals surface area contributed by atoms with E-state index in [1.54, 1.807) is 58.3 Å². The van der Waals surface area contributed by atoms with E-state index in [0.717, 1.165) is 0 Å². The lowest BCUT2D eigenvalue weighted by Crippen LogP contribution is -2.52. The second kappa shape index (κ2) is 9.09. The van der Waals surface area contributed by atoms with Gasteiger partial charge in [0, 0.05) is 44.8 Å². The first-order valence-corrected chi connectivity index (χ1v) is 12.1. The number of hydrogen-bond donors (Lipinski definition) is 0. The van der Waals surface area contributed by atoms with Crippen LogP contribution in [0.1, 0.15) is 6.42 Å². The van der Waals surface area contributed by atoms with Crippen molar-refractivity contribution in [3.05, 3.63) is 53.6 Å². The van der Waals surface area contributed by atoms with Gasteiger partial charge in [-0.25, -0.2) is 8.42 Å². The number of hydrogen-bond acceptors (Lipinski definition) is 5. The number of carbonyl (C=O) groups excluding carboxylic acids is 2. The van der Waals surface area contributed by atoms with E-state index < -0.39 is 15.9 Å². The molecule has 0 aromatic heterocycles. The Morgan fingerprint density at radius 2 is 1.75 bits per heavy atom. The summed E-state index contributed by atoms with van der Waals surface area (Å²) in [6.07, 6.45) is 0.116. The summed E-state index contributed by atoms with van der Waals surface area (Å²) in [6, 6.07) is 13.3. The van der Waals surface area contributed by atoms with Gasteiger partial charge in [-0.2, -0.15) is 4.31 Å². The second-order valence-electron chi connectivity index (χ2n) is 7.77. The van der Waals surface area contributed by atoms with Crippen molar-refractivity contribution in [1.82, 2.24) is 9.21 Å². The van der Waals surface area contributed by atoms with E-state index >= 15 is 0 Å². The maximum Gasteiger partial charge on any atom is 0.243 e. The van der Waals surface area contributed by atoms with Crippen LogP contribution < -0.4 is 9.64 Å². The summed E-state index contributed by atoms with van der Waals surface area (Å²) in [5.74, 6) is -0.231. The molecule has 4 rings (SSSR count). The molecule has 1 atom stereocenters. The fourth-order valence-corrected chi connectivity index (χ4v) is 5.79. The average Bonchev–Trinajstić information content (AvgIpc) is 3.20. The summed E-state index contributed by atoms with van der Waals surface area (Å²) in [4.78, 5) is 29.1. The van der Waals surface area contributed by atoms with Gasteiger partial charge in [-0.3, -0.25) is 9.59 Å². The minimum atomic E-state index is -3.58. The van der Waals surface area contributed by atoms with Crippen LogP contribution in [0, 0.1) is 5.92 Å². The first-order valence-electron chi connectivity index (χ1n) is 10.3. The molecule has 10 heteroatoms. The van der Waals surface area contributed by atoms with Gasteiger partial charge in [-0.15, -0.1) is 0 Å². The lowest BCUT2D eigenvalue weighted by molar-refractivity contribution is -0.136. The van der Waals surface area contributed by atoms with E-state index in [-0.39, 0.29) is 42.8 Å². The number of nitrogens with zero attached hydrogens (tertiary/aromatic N) is 3. The number of sulfonamides is 1. The Bertz CT molecular complexity index is 1120. The van der Waals surface area contributed by atoms with Gasteiger partial charge in [0.25, 0.3) is 0 Å². The van der Waals surface area contributed by atoms with Crippen LogP contribution in [-0.2, 0) is 19.6 Å². The van der Waals surface area contributed by atoms with Gasteiger partial charge in [0.1, 0.15) is 5.75 Å². The number of halogens is 1. The quantitative estimate of drug-likeness (QED) is 0.659. The third-order valence-electron chi connectivity index (χ3n) is 5.85. The van der Waals surface area contributed by atoms with Crippen LogP contribution in [0.5, 0.6) is 5.75 Å². The SMILES string of the molecule is COc1ccc(N2C[C@H](C(=O)N3CCN(S(=O)(=O)c4ccccc4)CC3)CC2=O)cc1Cl. The number of methoxy groups -OCH3 is 1. The van der Waals surface area contributed by atoms with Crippen molar-refractivity contribution in [2.75, 3.05) is 44.7 Å². The highest BCUT2D eigenvalue weighted by Crippen LogP contribution is 2.33. The van der Waals surface area contributed by atoms with Gasteiger partial charge in [0.2, 0.25) is 21.8 Å². The van der Waals surface area contributed by atoms with Crippen LogP contribution >= 0.6 is 11.6 Å². The molecule has 2 aromatic rings. The molecule has 0 unspecified atom stereocenters. The molecule has 0 N–H and O–H groups in total. The minimum absolute atomic E-state index is 0.116. The maximum absolute atomic E-state index is 13.0. The zero-order valence-electron chi connectivity index (χ0n) is 17.6. The predicted octanol–water partition coefficient (Wildman–Crippen LogP) is 2.23. The number of ether oxygens (including phenoxy) is 1. The van der Waals surface area contributed by atoms with Crippen molar-refractivity contribution in [2.45, 2.75) is 11.3 Å². The summed E-state index contributed by atoms with van der Waals surface area (Å²) < 4.78 is 32.1. The van der Waals surface area contributed by atoms with E-state index in [1.165, 1.54) is 11.4 Å². The lowest BCUT2D eigenvalue weighted by Gasteiger charge is -2.35. The molecule has 0 aliphatic carbocycles. The van der Waals surface area contributed by atoms with Crippen molar-refractivity contribution in [3.63, 3.8) is 0 Å². The fraction of sp³-hybridized carbons (Fsp3) is 0.364. The highest BCUT2D eigenvalue weighted by atomic mass is 35.5. The zero-order chi connectivity index (χ0) is 22.9. The summed E-state index contributed by atoms with van der Waals surface area (Å²) >= 11 is 6.18. The summed E-state index contributed by atoms with van der Waals surface area (Å²) in [5.41, 5.74) is 0.620. The molecule has 0 radical (unpaired) electrons. The third kappa shape index (κ3) is 4.32.